The first-order chi connectivity index (χ1) is 8.49. The van der Waals surface area contributed by atoms with E-state index >= 15 is 0 Å². The summed E-state index contributed by atoms with van der Waals surface area (Å²) in [6.45, 7) is 4.08. The van der Waals surface area contributed by atoms with Gasteiger partial charge in [0.15, 0.2) is 0 Å². The van der Waals surface area contributed by atoms with E-state index in [9.17, 15) is 4.79 Å². The molecule has 0 spiro atoms. The molecule has 0 amide bonds. The molecule has 1 rings (SSSR count). The smallest absolute Gasteiger partial charge is 0.325 e. The van der Waals surface area contributed by atoms with Gasteiger partial charge in [0.1, 0.15) is 12.6 Å². The quantitative estimate of drug-likeness (QED) is 0.786. The molecule has 5 heteroatoms. The van der Waals surface area contributed by atoms with Gasteiger partial charge in [0.05, 0.1) is 17.7 Å². The molecule has 0 fully saturated rings. The van der Waals surface area contributed by atoms with Crippen molar-refractivity contribution in [2.45, 2.75) is 19.9 Å². The van der Waals surface area contributed by atoms with E-state index in [-0.39, 0.29) is 18.6 Å². The highest BCUT2D eigenvalue weighted by atomic mass is 35.5. The highest BCUT2D eigenvalue weighted by Gasteiger charge is 2.16. The van der Waals surface area contributed by atoms with E-state index in [0.717, 1.165) is 5.69 Å². The second kappa shape index (κ2) is 6.27. The molecular weight excluding hydrogens is 252 g/mol. The fraction of sp³-hybridized carbons (Fsp3) is 0.385. The highest BCUT2D eigenvalue weighted by molar-refractivity contribution is 6.32. The SMILES string of the molecule is COC(=O)CN(c1ccc(C#N)c(Cl)c1)C(C)C. The van der Waals surface area contributed by atoms with Crippen LogP contribution < -0.4 is 4.90 Å². The summed E-state index contributed by atoms with van der Waals surface area (Å²) in [5.41, 5.74) is 1.21. The summed E-state index contributed by atoms with van der Waals surface area (Å²) in [6, 6.07) is 7.22. The van der Waals surface area contributed by atoms with Crippen molar-refractivity contribution in [2.24, 2.45) is 0 Å². The first-order valence-corrected chi connectivity index (χ1v) is 5.90. The lowest BCUT2D eigenvalue weighted by Gasteiger charge is -2.27. The Morgan fingerprint density at radius 1 is 1.56 bits per heavy atom. The van der Waals surface area contributed by atoms with Gasteiger partial charge in [-0.25, -0.2) is 0 Å². The molecule has 1 aromatic rings. The van der Waals surface area contributed by atoms with Gasteiger partial charge >= 0.3 is 5.97 Å². The molecule has 0 aliphatic carbocycles. The van der Waals surface area contributed by atoms with Crippen LogP contribution in [0.2, 0.25) is 5.02 Å². The molecule has 0 radical (unpaired) electrons. The van der Waals surface area contributed by atoms with Crippen molar-refractivity contribution in [3.05, 3.63) is 28.8 Å². The Morgan fingerprint density at radius 3 is 2.67 bits per heavy atom. The van der Waals surface area contributed by atoms with Crippen LogP contribution in [-0.4, -0.2) is 25.7 Å². The Hall–Kier alpha value is -1.73. The van der Waals surface area contributed by atoms with Crippen LogP contribution in [0.5, 0.6) is 0 Å². The summed E-state index contributed by atoms with van der Waals surface area (Å²) in [5, 5.41) is 9.20. The van der Waals surface area contributed by atoms with E-state index in [1.165, 1.54) is 7.11 Å². The number of nitriles is 1. The minimum absolute atomic E-state index is 0.119. The minimum Gasteiger partial charge on any atom is -0.468 e. The molecule has 18 heavy (non-hydrogen) atoms. The van der Waals surface area contributed by atoms with Crippen LogP contribution in [0, 0.1) is 11.3 Å². The van der Waals surface area contributed by atoms with E-state index in [1.54, 1.807) is 18.2 Å². The molecule has 0 N–H and O–H groups in total. The second-order valence-electron chi connectivity index (χ2n) is 4.07. The summed E-state index contributed by atoms with van der Waals surface area (Å²) in [4.78, 5) is 13.2. The van der Waals surface area contributed by atoms with Crippen molar-refractivity contribution in [3.8, 4) is 6.07 Å². The van der Waals surface area contributed by atoms with E-state index in [1.807, 2.05) is 24.8 Å². The van der Waals surface area contributed by atoms with Crippen molar-refractivity contribution in [1.29, 1.82) is 5.26 Å². The van der Waals surface area contributed by atoms with Crippen LogP contribution in [0.3, 0.4) is 0 Å². The lowest BCUT2D eigenvalue weighted by Crippen LogP contribution is -2.36. The third-order valence-corrected chi connectivity index (χ3v) is 2.87. The number of rotatable bonds is 4. The van der Waals surface area contributed by atoms with Crippen LogP contribution >= 0.6 is 11.6 Å². The van der Waals surface area contributed by atoms with Gasteiger partial charge in [-0.3, -0.25) is 4.79 Å². The van der Waals surface area contributed by atoms with E-state index in [0.29, 0.717) is 10.6 Å². The van der Waals surface area contributed by atoms with Gasteiger partial charge in [-0.15, -0.1) is 0 Å². The van der Waals surface area contributed by atoms with E-state index in [4.69, 9.17) is 16.9 Å². The molecule has 4 nitrogen and oxygen atoms in total. The van der Waals surface area contributed by atoms with Gasteiger partial charge in [0, 0.05) is 11.7 Å². The number of ether oxygens (including phenoxy) is 1. The number of carbonyl (C=O) groups is 1. The maximum atomic E-state index is 11.4. The average molecular weight is 267 g/mol. The zero-order chi connectivity index (χ0) is 13.7. The predicted octanol–water partition coefficient (Wildman–Crippen LogP) is 2.60. The normalized spacial score (nSPS) is 10.0. The summed E-state index contributed by atoms with van der Waals surface area (Å²) < 4.78 is 4.66. The van der Waals surface area contributed by atoms with Crippen molar-refractivity contribution in [2.75, 3.05) is 18.6 Å². The molecule has 0 aliphatic heterocycles. The first-order valence-electron chi connectivity index (χ1n) is 5.52. The Bertz CT molecular complexity index is 480. The Labute approximate surface area is 112 Å². The van der Waals surface area contributed by atoms with Crippen molar-refractivity contribution < 1.29 is 9.53 Å². The van der Waals surface area contributed by atoms with Gasteiger partial charge in [-0.2, -0.15) is 5.26 Å². The fourth-order valence-electron chi connectivity index (χ4n) is 1.55. The minimum atomic E-state index is -0.316. The van der Waals surface area contributed by atoms with Gasteiger partial charge in [-0.05, 0) is 32.0 Å². The topological polar surface area (TPSA) is 53.3 Å². The Kier molecular flexibility index (Phi) is 4.99. The second-order valence-corrected chi connectivity index (χ2v) is 4.48. The molecule has 0 heterocycles. The molecule has 0 saturated heterocycles. The number of halogens is 1. The summed E-state index contributed by atoms with van der Waals surface area (Å²) in [5.74, 6) is -0.316. The molecular formula is C13H15ClN2O2. The van der Waals surface area contributed by atoms with Crippen molar-refractivity contribution >= 4 is 23.3 Å². The lowest BCUT2D eigenvalue weighted by molar-refractivity contribution is -0.139. The summed E-state index contributed by atoms with van der Waals surface area (Å²) in [7, 11) is 1.35. The number of hydrogen-bond donors (Lipinski definition) is 0. The van der Waals surface area contributed by atoms with Crippen LogP contribution in [0.1, 0.15) is 19.4 Å². The number of methoxy groups -OCH3 is 1. The predicted molar refractivity (Wildman–Crippen MR) is 70.7 cm³/mol. The summed E-state index contributed by atoms with van der Waals surface area (Å²) >= 11 is 5.98. The molecule has 96 valence electrons. The number of anilines is 1. The summed E-state index contributed by atoms with van der Waals surface area (Å²) in [6.07, 6.45) is 0. The standard InChI is InChI=1S/C13H15ClN2O2/c1-9(2)16(8-13(17)18-3)11-5-4-10(7-15)12(14)6-11/h4-6,9H,8H2,1-3H3. The molecule has 0 aromatic heterocycles. The van der Waals surface area contributed by atoms with Gasteiger partial charge in [0.25, 0.3) is 0 Å². The average Bonchev–Trinajstić information content (AvgIpc) is 2.35. The van der Waals surface area contributed by atoms with Gasteiger partial charge in [-0.1, -0.05) is 11.6 Å². The fourth-order valence-corrected chi connectivity index (χ4v) is 1.77. The number of nitrogens with zero attached hydrogens (tertiary/aromatic N) is 2. The lowest BCUT2D eigenvalue weighted by atomic mass is 10.2. The monoisotopic (exact) mass is 266 g/mol. The van der Waals surface area contributed by atoms with Crippen molar-refractivity contribution in [1.82, 2.24) is 0 Å². The maximum absolute atomic E-state index is 11.4. The Balaban J connectivity index is 3.04. The maximum Gasteiger partial charge on any atom is 0.325 e. The van der Waals surface area contributed by atoms with E-state index in [2.05, 4.69) is 4.74 Å². The molecule has 0 aliphatic rings. The molecule has 0 atom stereocenters. The molecule has 0 unspecified atom stereocenters. The number of esters is 1. The zero-order valence-corrected chi connectivity index (χ0v) is 11.4. The Morgan fingerprint density at radius 2 is 2.22 bits per heavy atom. The molecule has 0 saturated carbocycles. The highest BCUT2D eigenvalue weighted by Crippen LogP contribution is 2.24. The van der Waals surface area contributed by atoms with Crippen molar-refractivity contribution in [3.63, 3.8) is 0 Å². The number of carbonyl (C=O) groups excluding carboxylic acids is 1. The van der Waals surface area contributed by atoms with Crippen LogP contribution in [-0.2, 0) is 9.53 Å². The number of benzene rings is 1. The van der Waals surface area contributed by atoms with Crippen LogP contribution in [0.4, 0.5) is 5.69 Å². The van der Waals surface area contributed by atoms with Gasteiger partial charge < -0.3 is 9.64 Å². The third kappa shape index (κ3) is 3.38. The van der Waals surface area contributed by atoms with Crippen LogP contribution in [0.25, 0.3) is 0 Å². The largest absolute Gasteiger partial charge is 0.468 e. The molecule has 1 aromatic carbocycles. The number of hydrogen-bond acceptors (Lipinski definition) is 4. The zero-order valence-electron chi connectivity index (χ0n) is 10.6. The first kappa shape index (κ1) is 14.3. The third-order valence-electron chi connectivity index (χ3n) is 2.56. The van der Waals surface area contributed by atoms with E-state index < -0.39 is 0 Å². The van der Waals surface area contributed by atoms with Crippen LogP contribution in [0.15, 0.2) is 18.2 Å². The van der Waals surface area contributed by atoms with Gasteiger partial charge in [0.2, 0.25) is 0 Å². The molecule has 0 bridgehead atoms.